The van der Waals surface area contributed by atoms with E-state index in [4.69, 9.17) is 25.1 Å². The van der Waals surface area contributed by atoms with Crippen LogP contribution in [0.4, 0.5) is 0 Å². The fraction of sp³-hybridized carbons (Fsp3) is 1.00. The summed E-state index contributed by atoms with van der Waals surface area (Å²) in [5, 5.41) is 9.03. The zero-order valence-electron chi connectivity index (χ0n) is 8.20. The maximum absolute atomic E-state index is 9.03. The lowest BCUT2D eigenvalue weighted by Crippen LogP contribution is -2.61. The molecule has 0 amide bonds. The number of hydrogen-bond acceptors (Lipinski definition) is 5. The Morgan fingerprint density at radius 2 is 1.71 bits per heavy atom. The van der Waals surface area contributed by atoms with Gasteiger partial charge in [-0.15, -0.1) is 0 Å². The van der Waals surface area contributed by atoms with Gasteiger partial charge in [0.25, 0.3) is 0 Å². The first kappa shape index (κ1) is 10.3. The number of hydrogen-bond donors (Lipinski definition) is 2. The lowest BCUT2D eigenvalue weighted by molar-refractivity contribution is -0.312. The highest BCUT2D eigenvalue weighted by atomic mass is 16.7. The highest BCUT2D eigenvalue weighted by Gasteiger charge is 2.43. The van der Waals surface area contributed by atoms with E-state index in [1.54, 1.807) is 0 Å². The molecule has 82 valence electrons. The third kappa shape index (κ3) is 1.92. The van der Waals surface area contributed by atoms with Gasteiger partial charge < -0.3 is 25.1 Å². The van der Waals surface area contributed by atoms with Crippen LogP contribution in [0.15, 0.2) is 0 Å². The molecule has 0 aromatic rings. The molecule has 0 aromatic heterocycles. The monoisotopic (exact) mass is 203 g/mol. The molecule has 2 aliphatic rings. The molecule has 0 aliphatic carbocycles. The molecule has 2 fully saturated rings. The van der Waals surface area contributed by atoms with Crippen LogP contribution in [0.25, 0.3) is 0 Å². The maximum Gasteiger partial charge on any atom is 0.172 e. The largest absolute Gasteiger partial charge is 0.394 e. The van der Waals surface area contributed by atoms with E-state index in [-0.39, 0.29) is 6.61 Å². The Morgan fingerprint density at radius 1 is 1.14 bits per heavy atom. The van der Waals surface area contributed by atoms with Crippen molar-refractivity contribution in [3.8, 4) is 0 Å². The molecular formula is C9H17NO4. The van der Waals surface area contributed by atoms with Crippen LogP contribution < -0.4 is 5.73 Å². The SMILES string of the molecule is NC1(CO)COC2(CCOCC2)OC1. The molecular weight excluding hydrogens is 186 g/mol. The van der Waals surface area contributed by atoms with Crippen molar-refractivity contribution in [2.24, 2.45) is 5.73 Å². The van der Waals surface area contributed by atoms with Crippen molar-refractivity contribution < 1.29 is 19.3 Å². The van der Waals surface area contributed by atoms with Crippen molar-refractivity contribution >= 4 is 0 Å². The molecule has 0 saturated carbocycles. The molecule has 0 aromatic carbocycles. The molecule has 0 bridgehead atoms. The number of nitrogens with two attached hydrogens (primary N) is 1. The van der Waals surface area contributed by atoms with E-state index in [9.17, 15) is 0 Å². The Kier molecular flexibility index (Phi) is 2.77. The zero-order chi connectivity index (χ0) is 10.1. The normalized spacial score (nSPS) is 30.4. The summed E-state index contributed by atoms with van der Waals surface area (Å²) >= 11 is 0. The van der Waals surface area contributed by atoms with Crippen LogP contribution in [0.3, 0.4) is 0 Å². The van der Waals surface area contributed by atoms with Crippen LogP contribution >= 0.6 is 0 Å². The lowest BCUT2D eigenvalue weighted by atomic mass is 10.00. The van der Waals surface area contributed by atoms with Gasteiger partial charge in [0, 0.05) is 12.8 Å². The highest BCUT2D eigenvalue weighted by molar-refractivity contribution is 4.90. The van der Waals surface area contributed by atoms with E-state index >= 15 is 0 Å². The summed E-state index contributed by atoms with van der Waals surface area (Å²) in [5.74, 6) is -0.504. The van der Waals surface area contributed by atoms with Crippen LogP contribution in [-0.2, 0) is 14.2 Å². The van der Waals surface area contributed by atoms with E-state index in [1.807, 2.05) is 0 Å². The third-order valence-corrected chi connectivity index (χ3v) is 2.81. The van der Waals surface area contributed by atoms with Crippen LogP contribution in [0, 0.1) is 0 Å². The van der Waals surface area contributed by atoms with Crippen molar-refractivity contribution in [3.05, 3.63) is 0 Å². The second-order valence-electron chi connectivity index (χ2n) is 4.12. The van der Waals surface area contributed by atoms with E-state index in [2.05, 4.69) is 0 Å². The Balaban J connectivity index is 1.93. The molecule has 2 saturated heterocycles. The fourth-order valence-corrected chi connectivity index (χ4v) is 1.70. The van der Waals surface area contributed by atoms with Crippen molar-refractivity contribution in [3.63, 3.8) is 0 Å². The van der Waals surface area contributed by atoms with Gasteiger partial charge in [0.15, 0.2) is 5.79 Å². The van der Waals surface area contributed by atoms with Gasteiger partial charge in [-0.25, -0.2) is 0 Å². The molecule has 3 N–H and O–H groups in total. The topological polar surface area (TPSA) is 73.9 Å². The lowest BCUT2D eigenvalue weighted by Gasteiger charge is -2.45. The molecule has 14 heavy (non-hydrogen) atoms. The minimum atomic E-state index is -0.733. The Bertz CT molecular complexity index is 193. The first-order valence-electron chi connectivity index (χ1n) is 4.94. The third-order valence-electron chi connectivity index (χ3n) is 2.81. The van der Waals surface area contributed by atoms with E-state index in [0.29, 0.717) is 26.4 Å². The Morgan fingerprint density at radius 3 is 2.21 bits per heavy atom. The molecule has 0 atom stereocenters. The molecule has 5 nitrogen and oxygen atoms in total. The predicted molar refractivity (Wildman–Crippen MR) is 48.7 cm³/mol. The van der Waals surface area contributed by atoms with Crippen molar-refractivity contribution in [1.29, 1.82) is 0 Å². The average Bonchev–Trinajstić information content (AvgIpc) is 2.25. The van der Waals surface area contributed by atoms with E-state index in [0.717, 1.165) is 12.8 Å². The highest BCUT2D eigenvalue weighted by Crippen LogP contribution is 2.31. The minimum Gasteiger partial charge on any atom is -0.394 e. The van der Waals surface area contributed by atoms with Gasteiger partial charge in [-0.2, -0.15) is 0 Å². The van der Waals surface area contributed by atoms with Gasteiger partial charge in [-0.3, -0.25) is 0 Å². The number of rotatable bonds is 1. The summed E-state index contributed by atoms with van der Waals surface area (Å²) in [6, 6.07) is 0. The summed E-state index contributed by atoms with van der Waals surface area (Å²) in [4.78, 5) is 0. The van der Waals surface area contributed by atoms with E-state index < -0.39 is 11.3 Å². The van der Waals surface area contributed by atoms with E-state index in [1.165, 1.54) is 0 Å². The molecule has 5 heteroatoms. The molecule has 2 heterocycles. The van der Waals surface area contributed by atoms with Crippen LogP contribution in [0.5, 0.6) is 0 Å². The first-order valence-corrected chi connectivity index (χ1v) is 4.94. The smallest absolute Gasteiger partial charge is 0.172 e. The van der Waals surface area contributed by atoms with Crippen molar-refractivity contribution in [2.45, 2.75) is 24.2 Å². The summed E-state index contributed by atoms with van der Waals surface area (Å²) in [6.07, 6.45) is 1.49. The van der Waals surface area contributed by atoms with Gasteiger partial charge in [-0.05, 0) is 0 Å². The molecule has 2 aliphatic heterocycles. The Hall–Kier alpha value is -0.200. The second kappa shape index (κ2) is 3.75. The molecule has 0 unspecified atom stereocenters. The van der Waals surface area contributed by atoms with Gasteiger partial charge in [-0.1, -0.05) is 0 Å². The van der Waals surface area contributed by atoms with Gasteiger partial charge in [0.05, 0.1) is 38.6 Å². The number of aliphatic hydroxyl groups excluding tert-OH is 1. The summed E-state index contributed by atoms with van der Waals surface area (Å²) in [5.41, 5.74) is 5.08. The number of aliphatic hydroxyl groups is 1. The van der Waals surface area contributed by atoms with Crippen LogP contribution in [0.1, 0.15) is 12.8 Å². The quantitative estimate of drug-likeness (QED) is 0.585. The maximum atomic E-state index is 9.03. The van der Waals surface area contributed by atoms with Crippen LogP contribution in [-0.4, -0.2) is 49.5 Å². The van der Waals surface area contributed by atoms with Gasteiger partial charge >= 0.3 is 0 Å². The van der Waals surface area contributed by atoms with Crippen molar-refractivity contribution in [2.75, 3.05) is 33.0 Å². The summed E-state index contributed by atoms with van der Waals surface area (Å²) in [7, 11) is 0. The van der Waals surface area contributed by atoms with Gasteiger partial charge in [0.2, 0.25) is 0 Å². The number of ether oxygens (including phenoxy) is 3. The summed E-state index contributed by atoms with van der Waals surface area (Å²) in [6.45, 7) is 1.92. The molecule has 1 spiro atoms. The fourth-order valence-electron chi connectivity index (χ4n) is 1.70. The summed E-state index contributed by atoms with van der Waals surface area (Å²) < 4.78 is 16.5. The predicted octanol–water partition coefficient (Wildman–Crippen LogP) is -0.770. The van der Waals surface area contributed by atoms with Gasteiger partial charge in [0.1, 0.15) is 0 Å². The minimum absolute atomic E-state index is 0.112. The van der Waals surface area contributed by atoms with Crippen molar-refractivity contribution in [1.82, 2.24) is 0 Å². The Labute approximate surface area is 83.1 Å². The van der Waals surface area contributed by atoms with Crippen LogP contribution in [0.2, 0.25) is 0 Å². The molecule has 2 rings (SSSR count). The second-order valence-corrected chi connectivity index (χ2v) is 4.12. The zero-order valence-corrected chi connectivity index (χ0v) is 8.20. The average molecular weight is 203 g/mol. The molecule has 0 radical (unpaired) electrons. The standard InChI is InChI=1S/C9H17NO4/c10-8(5-11)6-13-9(14-7-8)1-3-12-4-2-9/h11H,1-7,10H2. The first-order chi connectivity index (χ1) is 6.68.